The third kappa shape index (κ3) is 1.67. The van der Waals surface area contributed by atoms with E-state index in [1.54, 1.807) is 6.01 Å². The summed E-state index contributed by atoms with van der Waals surface area (Å²) in [5, 5.41) is 5.90. The van der Waals surface area contributed by atoms with Gasteiger partial charge < -0.3 is 0 Å². The van der Waals surface area contributed by atoms with Crippen LogP contribution < -0.4 is 0 Å². The smallest absolute Gasteiger partial charge is 0.105 e. The van der Waals surface area contributed by atoms with Crippen molar-refractivity contribution in [3.8, 4) is 0 Å². The topological polar surface area (TPSA) is 36.2 Å². The standard InChI is InChI=1S/CHClN2/c2-4-1-3/h3H. The first-order valence-electron chi connectivity index (χ1n) is 0.643. The van der Waals surface area contributed by atoms with Gasteiger partial charge >= 0.3 is 0 Å². The van der Waals surface area contributed by atoms with E-state index in [9.17, 15) is 0 Å². The molecule has 1 N–H and O–H groups in total. The zero-order chi connectivity index (χ0) is 3.41. The summed E-state index contributed by atoms with van der Waals surface area (Å²) in [6.07, 6.45) is 0. The fourth-order valence-corrected chi connectivity index (χ4v) is 0. The summed E-state index contributed by atoms with van der Waals surface area (Å²) in [4.78, 5) is 0. The van der Waals surface area contributed by atoms with E-state index in [0.29, 0.717) is 0 Å². The molecule has 0 aromatic heterocycles. The van der Waals surface area contributed by atoms with Crippen LogP contribution in [-0.4, -0.2) is 6.01 Å². The molecule has 0 aromatic rings. The van der Waals surface area contributed by atoms with E-state index in [0.717, 1.165) is 0 Å². The highest BCUT2D eigenvalue weighted by Crippen LogP contribution is 1.60. The van der Waals surface area contributed by atoms with Gasteiger partial charge in [-0.25, -0.2) is 5.41 Å². The van der Waals surface area contributed by atoms with Crippen LogP contribution in [0.15, 0.2) is 4.51 Å². The highest BCUT2D eigenvalue weighted by Gasteiger charge is 1.28. The van der Waals surface area contributed by atoms with Gasteiger partial charge in [0, 0.05) is 11.8 Å². The average molecular weight is 76.5 g/mol. The Morgan fingerprint density at radius 3 is 2.25 bits per heavy atom. The van der Waals surface area contributed by atoms with Crippen molar-refractivity contribution in [2.24, 2.45) is 4.51 Å². The SMILES string of the molecule is N=C=NCl. The first-order chi connectivity index (χ1) is 1.91. The maximum absolute atomic E-state index is 5.90. The van der Waals surface area contributed by atoms with Crippen LogP contribution in [-0.2, 0) is 0 Å². The molecule has 0 aliphatic rings. The van der Waals surface area contributed by atoms with Gasteiger partial charge in [-0.2, -0.15) is 0 Å². The summed E-state index contributed by atoms with van der Waals surface area (Å²) in [5.41, 5.74) is 0. The molecule has 0 amide bonds. The second kappa shape index (κ2) is 2.67. The van der Waals surface area contributed by atoms with Crippen LogP contribution in [0, 0.1) is 5.41 Å². The summed E-state index contributed by atoms with van der Waals surface area (Å²) in [6, 6.07) is 1.57. The molecule has 0 unspecified atom stereocenters. The van der Waals surface area contributed by atoms with Crippen LogP contribution in [0.5, 0.6) is 0 Å². The maximum atomic E-state index is 5.90. The van der Waals surface area contributed by atoms with E-state index >= 15 is 0 Å². The van der Waals surface area contributed by atoms with Crippen molar-refractivity contribution in [1.82, 2.24) is 0 Å². The number of rotatable bonds is 0. The van der Waals surface area contributed by atoms with Crippen molar-refractivity contribution in [2.45, 2.75) is 0 Å². The van der Waals surface area contributed by atoms with Gasteiger partial charge in [0.1, 0.15) is 6.01 Å². The van der Waals surface area contributed by atoms with Gasteiger partial charge in [0.05, 0.1) is 0 Å². The van der Waals surface area contributed by atoms with Gasteiger partial charge in [0.25, 0.3) is 0 Å². The number of nitrogens with one attached hydrogen (secondary N) is 1. The summed E-state index contributed by atoms with van der Waals surface area (Å²) < 4.78 is 2.62. The van der Waals surface area contributed by atoms with E-state index in [4.69, 9.17) is 5.41 Å². The predicted octanol–water partition coefficient (Wildman–Crippen LogP) is 0.893. The minimum absolute atomic E-state index is 1.57. The first-order valence-corrected chi connectivity index (χ1v) is 0.981. The van der Waals surface area contributed by atoms with Gasteiger partial charge in [0.15, 0.2) is 0 Å². The molecule has 0 aliphatic carbocycles. The van der Waals surface area contributed by atoms with Crippen molar-refractivity contribution in [3.05, 3.63) is 0 Å². The minimum atomic E-state index is 1.57. The van der Waals surface area contributed by atoms with E-state index in [1.807, 2.05) is 0 Å². The molecule has 0 fully saturated rings. The molecule has 0 aromatic carbocycles. The Kier molecular flexibility index (Phi) is 2.45. The van der Waals surface area contributed by atoms with Crippen molar-refractivity contribution < 1.29 is 0 Å². The Labute approximate surface area is 28.7 Å². The fraction of sp³-hybridized carbons (Fsp3) is 0. The molecular formula is CHClN2. The van der Waals surface area contributed by atoms with Crippen LogP contribution >= 0.6 is 11.8 Å². The fourth-order valence-electron chi connectivity index (χ4n) is 0. The van der Waals surface area contributed by atoms with Gasteiger partial charge in [-0.15, -0.1) is 4.51 Å². The molecule has 0 aliphatic heterocycles. The Bertz CT molecular complexity index is 44.0. The third-order valence-corrected chi connectivity index (χ3v) is 0.127. The van der Waals surface area contributed by atoms with E-state index in [-0.39, 0.29) is 0 Å². The summed E-state index contributed by atoms with van der Waals surface area (Å²) in [6.45, 7) is 0. The molecule has 0 heterocycles. The third-order valence-electron chi connectivity index (χ3n) is 0.0423. The lowest BCUT2D eigenvalue weighted by atomic mass is 11.6. The number of nitrogens with zero attached hydrogens (tertiary/aromatic N) is 1. The molecule has 0 radical (unpaired) electrons. The van der Waals surface area contributed by atoms with Crippen LogP contribution in [0.4, 0.5) is 0 Å². The van der Waals surface area contributed by atoms with E-state index in [1.165, 1.54) is 0 Å². The molecule has 0 bridgehead atoms. The second-order valence-corrected chi connectivity index (χ2v) is 0.365. The molecule has 22 valence electrons. The van der Waals surface area contributed by atoms with E-state index < -0.39 is 0 Å². The Morgan fingerprint density at radius 1 is 2.00 bits per heavy atom. The van der Waals surface area contributed by atoms with Crippen LogP contribution in [0.1, 0.15) is 0 Å². The largest absolute Gasteiger partial charge is 0.240 e. The van der Waals surface area contributed by atoms with Crippen molar-refractivity contribution in [1.29, 1.82) is 5.41 Å². The molecule has 0 rings (SSSR count). The number of hydrogen-bond donors (Lipinski definition) is 1. The summed E-state index contributed by atoms with van der Waals surface area (Å²) >= 11 is 4.51. The van der Waals surface area contributed by atoms with Crippen molar-refractivity contribution in [3.63, 3.8) is 0 Å². The van der Waals surface area contributed by atoms with Gasteiger partial charge in [-0.05, 0) is 0 Å². The van der Waals surface area contributed by atoms with Gasteiger partial charge in [-0.3, -0.25) is 0 Å². The number of hydrogen-bond acceptors (Lipinski definition) is 2. The van der Waals surface area contributed by atoms with Gasteiger partial charge in [0.2, 0.25) is 0 Å². The van der Waals surface area contributed by atoms with Crippen LogP contribution in [0.25, 0.3) is 0 Å². The zero-order valence-corrected chi connectivity index (χ0v) is 2.58. The number of halogens is 1. The lowest BCUT2D eigenvalue weighted by molar-refractivity contribution is 1.57. The molecule has 0 saturated heterocycles. The zero-order valence-electron chi connectivity index (χ0n) is 1.83. The molecule has 0 atom stereocenters. The average Bonchev–Trinajstić information content (AvgIpc) is 1.37. The lowest BCUT2D eigenvalue weighted by Gasteiger charge is -1.34. The van der Waals surface area contributed by atoms with Crippen molar-refractivity contribution in [2.75, 3.05) is 0 Å². The molecule has 3 heteroatoms. The quantitative estimate of drug-likeness (QED) is 0.416. The minimum Gasteiger partial charge on any atom is -0.240 e. The van der Waals surface area contributed by atoms with Gasteiger partial charge in [-0.1, -0.05) is 0 Å². The molecule has 4 heavy (non-hydrogen) atoms. The van der Waals surface area contributed by atoms with Crippen LogP contribution in [0.2, 0.25) is 0 Å². The molecular weight excluding hydrogens is 75.5 g/mol. The Hall–Kier alpha value is -0.330. The maximum Gasteiger partial charge on any atom is 0.105 e. The second-order valence-electron chi connectivity index (χ2n) is 0.196. The highest BCUT2D eigenvalue weighted by molar-refractivity contribution is 6.16. The van der Waals surface area contributed by atoms with Crippen LogP contribution in [0.3, 0.4) is 0 Å². The molecule has 0 saturated carbocycles. The Balaban J connectivity index is 3.11. The Morgan fingerprint density at radius 2 is 2.25 bits per heavy atom. The van der Waals surface area contributed by atoms with E-state index in [2.05, 4.69) is 16.3 Å². The molecule has 2 nitrogen and oxygen atoms in total. The monoisotopic (exact) mass is 76.0 g/mol. The predicted molar refractivity (Wildman–Crippen MR) is 16.0 cm³/mol. The summed E-state index contributed by atoms with van der Waals surface area (Å²) in [5.74, 6) is 0. The molecule has 0 spiro atoms. The summed E-state index contributed by atoms with van der Waals surface area (Å²) in [7, 11) is 0. The normalized spacial score (nSPS) is 4.25. The van der Waals surface area contributed by atoms with Crippen molar-refractivity contribution >= 4 is 17.8 Å². The highest BCUT2D eigenvalue weighted by atomic mass is 35.5. The first kappa shape index (κ1) is 3.67. The lowest BCUT2D eigenvalue weighted by Crippen LogP contribution is -1.22.